The number of H-pyrrole nitrogens is 1. The Bertz CT molecular complexity index is 1130. The van der Waals surface area contributed by atoms with Gasteiger partial charge in [0.15, 0.2) is 6.61 Å². The van der Waals surface area contributed by atoms with Crippen LogP contribution in [-0.2, 0) is 4.79 Å². The highest BCUT2D eigenvalue weighted by molar-refractivity contribution is 5.78. The standard InChI is InChI=1S/C25H29N3O4/c1-4-11-28(12-5-2)24(30)16-32-20-8-6-7-18(14-20)21-15-22(27-25(31)26-21)19-9-10-23(29)17(3)13-19/h6-10,13-15,29H,4-5,11-12,16H2,1-3H3,(H,26,27,31). The molecule has 0 saturated carbocycles. The molecule has 1 heterocycles. The van der Waals surface area contributed by atoms with E-state index in [1.54, 1.807) is 49.4 Å². The van der Waals surface area contributed by atoms with Crippen LogP contribution in [0, 0.1) is 6.92 Å². The van der Waals surface area contributed by atoms with Gasteiger partial charge in [-0.05, 0) is 67.3 Å². The normalized spacial score (nSPS) is 10.7. The first-order valence-corrected chi connectivity index (χ1v) is 10.8. The zero-order valence-electron chi connectivity index (χ0n) is 18.7. The number of aryl methyl sites for hydroxylation is 1. The Morgan fingerprint density at radius 2 is 1.81 bits per heavy atom. The highest BCUT2D eigenvalue weighted by atomic mass is 16.5. The number of rotatable bonds is 9. The number of nitrogens with one attached hydrogen (secondary N) is 1. The second kappa shape index (κ2) is 10.6. The lowest BCUT2D eigenvalue weighted by atomic mass is 10.1. The SMILES string of the molecule is CCCN(CCC)C(=O)COc1cccc(-c2cc(-c3ccc(O)c(C)c3)[nH]c(=O)n2)c1. The largest absolute Gasteiger partial charge is 0.508 e. The number of carbonyl (C=O) groups is 1. The summed E-state index contributed by atoms with van der Waals surface area (Å²) in [6, 6.07) is 14.1. The molecule has 3 aromatic rings. The van der Waals surface area contributed by atoms with Crippen LogP contribution in [0.15, 0.2) is 53.3 Å². The molecule has 0 aliphatic rings. The maximum absolute atomic E-state index is 12.5. The second-order valence-electron chi connectivity index (χ2n) is 7.68. The minimum atomic E-state index is -0.473. The summed E-state index contributed by atoms with van der Waals surface area (Å²) in [6.45, 7) is 7.28. The van der Waals surface area contributed by atoms with Gasteiger partial charge in [-0.25, -0.2) is 4.79 Å². The van der Waals surface area contributed by atoms with Gasteiger partial charge in [0.05, 0.1) is 11.4 Å². The van der Waals surface area contributed by atoms with Crippen molar-refractivity contribution in [2.45, 2.75) is 33.6 Å². The van der Waals surface area contributed by atoms with E-state index in [2.05, 4.69) is 9.97 Å². The van der Waals surface area contributed by atoms with E-state index in [0.717, 1.165) is 18.4 Å². The third-order valence-corrected chi connectivity index (χ3v) is 5.08. The summed E-state index contributed by atoms with van der Waals surface area (Å²) in [5.41, 5.74) is 2.80. The summed E-state index contributed by atoms with van der Waals surface area (Å²) in [7, 11) is 0. The lowest BCUT2D eigenvalue weighted by Crippen LogP contribution is -2.36. The van der Waals surface area contributed by atoms with Gasteiger partial charge in [-0.15, -0.1) is 0 Å². The number of hydrogen-bond donors (Lipinski definition) is 2. The molecule has 3 rings (SSSR count). The van der Waals surface area contributed by atoms with Gasteiger partial charge in [0.25, 0.3) is 5.91 Å². The molecule has 0 unspecified atom stereocenters. The molecule has 0 fully saturated rings. The average molecular weight is 436 g/mol. The first kappa shape index (κ1) is 23.1. The molecule has 0 atom stereocenters. The van der Waals surface area contributed by atoms with Gasteiger partial charge in [-0.3, -0.25) is 4.79 Å². The molecular weight excluding hydrogens is 406 g/mol. The van der Waals surface area contributed by atoms with Crippen molar-refractivity contribution < 1.29 is 14.6 Å². The Morgan fingerprint density at radius 3 is 2.50 bits per heavy atom. The van der Waals surface area contributed by atoms with Gasteiger partial charge >= 0.3 is 5.69 Å². The minimum absolute atomic E-state index is 0.0374. The number of ether oxygens (including phenoxy) is 1. The van der Waals surface area contributed by atoms with Crippen LogP contribution in [-0.4, -0.2) is 45.6 Å². The van der Waals surface area contributed by atoms with Crippen LogP contribution in [0.2, 0.25) is 0 Å². The van der Waals surface area contributed by atoms with E-state index < -0.39 is 5.69 Å². The topological polar surface area (TPSA) is 95.5 Å². The van der Waals surface area contributed by atoms with Gasteiger partial charge in [-0.2, -0.15) is 4.98 Å². The van der Waals surface area contributed by atoms with Crippen molar-refractivity contribution in [3.05, 3.63) is 64.6 Å². The zero-order valence-corrected chi connectivity index (χ0v) is 18.7. The lowest BCUT2D eigenvalue weighted by molar-refractivity contribution is -0.133. The van der Waals surface area contributed by atoms with Crippen molar-refractivity contribution in [1.82, 2.24) is 14.9 Å². The number of phenolic OH excluding ortho intramolecular Hbond substituents is 1. The number of aromatic amines is 1. The van der Waals surface area contributed by atoms with Crippen molar-refractivity contribution in [2.24, 2.45) is 0 Å². The Hall–Kier alpha value is -3.61. The highest BCUT2D eigenvalue weighted by Gasteiger charge is 2.13. The van der Waals surface area contributed by atoms with Crippen molar-refractivity contribution in [1.29, 1.82) is 0 Å². The molecule has 2 N–H and O–H groups in total. The molecule has 2 aromatic carbocycles. The molecule has 0 aliphatic carbocycles. The number of amides is 1. The molecule has 1 aromatic heterocycles. The third kappa shape index (κ3) is 5.75. The molecule has 0 saturated heterocycles. The van der Waals surface area contributed by atoms with E-state index in [0.29, 0.717) is 41.4 Å². The predicted octanol–water partition coefficient (Wildman–Crippen LogP) is 4.15. The summed E-state index contributed by atoms with van der Waals surface area (Å²) >= 11 is 0. The van der Waals surface area contributed by atoms with Crippen LogP contribution >= 0.6 is 0 Å². The average Bonchev–Trinajstić information content (AvgIpc) is 2.79. The highest BCUT2D eigenvalue weighted by Crippen LogP contribution is 2.27. The molecule has 0 aliphatic heterocycles. The first-order chi connectivity index (χ1) is 15.4. The fraction of sp³-hybridized carbons (Fsp3) is 0.320. The van der Waals surface area contributed by atoms with Crippen LogP contribution in [0.25, 0.3) is 22.5 Å². The van der Waals surface area contributed by atoms with Crippen LogP contribution in [0.3, 0.4) is 0 Å². The second-order valence-corrected chi connectivity index (χ2v) is 7.68. The maximum Gasteiger partial charge on any atom is 0.345 e. The van der Waals surface area contributed by atoms with Crippen molar-refractivity contribution in [3.8, 4) is 34.0 Å². The summed E-state index contributed by atoms with van der Waals surface area (Å²) in [5.74, 6) is 0.687. The Kier molecular flexibility index (Phi) is 7.65. The Morgan fingerprint density at radius 1 is 1.06 bits per heavy atom. The summed E-state index contributed by atoms with van der Waals surface area (Å²) in [5, 5.41) is 9.77. The molecule has 0 spiro atoms. The molecule has 0 radical (unpaired) electrons. The van der Waals surface area contributed by atoms with Crippen molar-refractivity contribution in [2.75, 3.05) is 19.7 Å². The number of hydrogen-bond acceptors (Lipinski definition) is 5. The van der Waals surface area contributed by atoms with Crippen molar-refractivity contribution in [3.63, 3.8) is 0 Å². The molecule has 1 amide bonds. The van der Waals surface area contributed by atoms with Gasteiger partial charge in [0.1, 0.15) is 11.5 Å². The van der Waals surface area contributed by atoms with Crippen LogP contribution < -0.4 is 10.4 Å². The van der Waals surface area contributed by atoms with Crippen LogP contribution in [0.4, 0.5) is 0 Å². The predicted molar refractivity (Wildman–Crippen MR) is 125 cm³/mol. The zero-order chi connectivity index (χ0) is 23.1. The number of aromatic hydroxyl groups is 1. The van der Waals surface area contributed by atoms with E-state index >= 15 is 0 Å². The summed E-state index contributed by atoms with van der Waals surface area (Å²) < 4.78 is 5.74. The molecule has 32 heavy (non-hydrogen) atoms. The van der Waals surface area contributed by atoms with E-state index in [1.807, 2.05) is 24.8 Å². The summed E-state index contributed by atoms with van der Waals surface area (Å²) in [6.07, 6.45) is 1.80. The van der Waals surface area contributed by atoms with E-state index in [1.165, 1.54) is 0 Å². The van der Waals surface area contributed by atoms with E-state index in [-0.39, 0.29) is 18.3 Å². The quantitative estimate of drug-likeness (QED) is 0.527. The number of phenols is 1. The molecule has 0 bridgehead atoms. The van der Waals surface area contributed by atoms with E-state index in [4.69, 9.17) is 4.74 Å². The third-order valence-electron chi connectivity index (χ3n) is 5.08. The summed E-state index contributed by atoms with van der Waals surface area (Å²) in [4.78, 5) is 33.3. The fourth-order valence-corrected chi connectivity index (χ4v) is 3.47. The minimum Gasteiger partial charge on any atom is -0.508 e. The molecule has 7 nitrogen and oxygen atoms in total. The van der Waals surface area contributed by atoms with Gasteiger partial charge in [0, 0.05) is 18.7 Å². The first-order valence-electron chi connectivity index (χ1n) is 10.8. The number of carbonyl (C=O) groups excluding carboxylic acids is 1. The molecule has 7 heteroatoms. The fourth-order valence-electron chi connectivity index (χ4n) is 3.47. The smallest absolute Gasteiger partial charge is 0.345 e. The Labute approximate surface area is 187 Å². The van der Waals surface area contributed by atoms with Gasteiger partial charge < -0.3 is 19.7 Å². The molecule has 168 valence electrons. The van der Waals surface area contributed by atoms with Crippen molar-refractivity contribution >= 4 is 5.91 Å². The number of aromatic nitrogens is 2. The van der Waals surface area contributed by atoms with Crippen LogP contribution in [0.1, 0.15) is 32.3 Å². The Balaban J connectivity index is 1.81. The maximum atomic E-state index is 12.5. The van der Waals surface area contributed by atoms with E-state index in [9.17, 15) is 14.7 Å². The number of nitrogens with zero attached hydrogens (tertiary/aromatic N) is 2. The van der Waals surface area contributed by atoms with Gasteiger partial charge in [0.2, 0.25) is 0 Å². The lowest BCUT2D eigenvalue weighted by Gasteiger charge is -2.21. The molecular formula is C25H29N3O4. The van der Waals surface area contributed by atoms with Gasteiger partial charge in [-0.1, -0.05) is 26.0 Å². The van der Waals surface area contributed by atoms with Crippen LogP contribution in [0.5, 0.6) is 11.5 Å². The number of benzene rings is 2. The monoisotopic (exact) mass is 435 g/mol.